The molecule has 16 heavy (non-hydrogen) atoms. The largest absolute Gasteiger partial charge is 0.448 e. The monoisotopic (exact) mass is 241 g/mol. The number of hydrogen-bond donors (Lipinski definition) is 1. The van der Waals surface area contributed by atoms with Gasteiger partial charge in [-0.25, -0.2) is 0 Å². The molecule has 1 N–H and O–H groups in total. The first-order valence-electron chi connectivity index (χ1n) is 6.12. The molecule has 1 aliphatic carbocycles. The molecular formula is C13H20ClNO. The molecule has 0 aromatic carbocycles. The van der Waals surface area contributed by atoms with Gasteiger partial charge >= 0.3 is 0 Å². The Hall–Kier alpha value is -0.470. The van der Waals surface area contributed by atoms with Gasteiger partial charge in [-0.15, -0.1) is 0 Å². The van der Waals surface area contributed by atoms with E-state index in [0.29, 0.717) is 11.3 Å². The summed E-state index contributed by atoms with van der Waals surface area (Å²) in [5, 5.41) is 4.02. The van der Waals surface area contributed by atoms with Crippen LogP contribution in [0, 0.1) is 11.8 Å². The lowest BCUT2D eigenvalue weighted by atomic mass is 9.79. The van der Waals surface area contributed by atoms with Crippen LogP contribution >= 0.6 is 11.6 Å². The van der Waals surface area contributed by atoms with Crippen LogP contribution in [0.25, 0.3) is 0 Å². The quantitative estimate of drug-likeness (QED) is 0.870. The van der Waals surface area contributed by atoms with E-state index < -0.39 is 0 Å². The molecule has 1 aromatic rings. The van der Waals surface area contributed by atoms with Crippen molar-refractivity contribution in [2.75, 3.05) is 0 Å². The molecule has 2 nitrogen and oxygen atoms in total. The van der Waals surface area contributed by atoms with Crippen LogP contribution in [0.15, 0.2) is 16.5 Å². The lowest BCUT2D eigenvalue weighted by Crippen LogP contribution is -2.35. The van der Waals surface area contributed by atoms with Crippen LogP contribution in [0.1, 0.15) is 38.9 Å². The Bertz CT molecular complexity index is 336. The topological polar surface area (TPSA) is 25.2 Å². The van der Waals surface area contributed by atoms with Crippen LogP contribution in [0.4, 0.5) is 0 Å². The lowest BCUT2D eigenvalue weighted by Gasteiger charge is -2.32. The van der Waals surface area contributed by atoms with Gasteiger partial charge in [-0.1, -0.05) is 13.8 Å². The highest BCUT2D eigenvalue weighted by Crippen LogP contribution is 2.29. The summed E-state index contributed by atoms with van der Waals surface area (Å²) in [5.41, 5.74) is 0. The molecule has 0 amide bonds. The molecule has 0 spiro atoms. The van der Waals surface area contributed by atoms with Crippen LogP contribution in [0.5, 0.6) is 0 Å². The summed E-state index contributed by atoms with van der Waals surface area (Å²) in [4.78, 5) is 0. The SMILES string of the molecule is CC1CCC(NCc2ccc(Cl)o2)CC1C. The molecule has 90 valence electrons. The van der Waals surface area contributed by atoms with Gasteiger partial charge in [-0.3, -0.25) is 0 Å². The third-order valence-corrected chi connectivity index (χ3v) is 4.00. The highest BCUT2D eigenvalue weighted by Gasteiger charge is 2.24. The molecule has 2 rings (SSSR count). The fourth-order valence-electron chi connectivity index (χ4n) is 2.42. The fourth-order valence-corrected chi connectivity index (χ4v) is 2.59. The highest BCUT2D eigenvalue weighted by atomic mass is 35.5. The molecular weight excluding hydrogens is 222 g/mol. The van der Waals surface area contributed by atoms with Crippen molar-refractivity contribution in [1.29, 1.82) is 0 Å². The van der Waals surface area contributed by atoms with Crippen LogP contribution in [0.3, 0.4) is 0 Å². The van der Waals surface area contributed by atoms with E-state index in [1.807, 2.05) is 6.07 Å². The second-order valence-corrected chi connectivity index (χ2v) is 5.42. The Morgan fingerprint density at radius 1 is 1.31 bits per heavy atom. The summed E-state index contributed by atoms with van der Waals surface area (Å²) in [7, 11) is 0. The number of halogens is 1. The predicted octanol–water partition coefficient (Wildman–Crippen LogP) is 3.85. The zero-order valence-corrected chi connectivity index (χ0v) is 10.8. The first-order valence-corrected chi connectivity index (χ1v) is 6.50. The molecule has 0 radical (unpaired) electrons. The zero-order chi connectivity index (χ0) is 11.5. The first-order chi connectivity index (χ1) is 7.65. The normalized spacial score (nSPS) is 30.6. The van der Waals surface area contributed by atoms with Crippen LogP contribution in [-0.4, -0.2) is 6.04 Å². The average Bonchev–Trinajstić information content (AvgIpc) is 2.66. The van der Waals surface area contributed by atoms with Crippen molar-refractivity contribution in [2.24, 2.45) is 11.8 Å². The number of nitrogens with one attached hydrogen (secondary N) is 1. The van der Waals surface area contributed by atoms with Crippen molar-refractivity contribution in [1.82, 2.24) is 5.32 Å². The van der Waals surface area contributed by atoms with E-state index in [-0.39, 0.29) is 0 Å². The summed E-state index contributed by atoms with van der Waals surface area (Å²) in [6, 6.07) is 4.36. The van der Waals surface area contributed by atoms with E-state index in [4.69, 9.17) is 16.0 Å². The molecule has 1 saturated carbocycles. The maximum atomic E-state index is 5.73. The Morgan fingerprint density at radius 3 is 2.75 bits per heavy atom. The van der Waals surface area contributed by atoms with Crippen LogP contribution in [0.2, 0.25) is 5.22 Å². The van der Waals surface area contributed by atoms with Gasteiger partial charge in [-0.05, 0) is 54.8 Å². The standard InChI is InChI=1S/C13H20ClNO/c1-9-3-4-11(7-10(9)2)15-8-12-5-6-13(14)16-12/h5-6,9-11,15H,3-4,7-8H2,1-2H3. The van der Waals surface area contributed by atoms with E-state index in [1.54, 1.807) is 6.07 Å². The van der Waals surface area contributed by atoms with Gasteiger partial charge in [0.15, 0.2) is 5.22 Å². The smallest absolute Gasteiger partial charge is 0.193 e. The van der Waals surface area contributed by atoms with E-state index in [0.717, 1.165) is 24.1 Å². The van der Waals surface area contributed by atoms with Crippen molar-refractivity contribution in [3.05, 3.63) is 23.1 Å². The predicted molar refractivity (Wildman–Crippen MR) is 66.5 cm³/mol. The molecule has 3 unspecified atom stereocenters. The van der Waals surface area contributed by atoms with E-state index in [1.165, 1.54) is 19.3 Å². The van der Waals surface area contributed by atoms with E-state index in [9.17, 15) is 0 Å². The van der Waals surface area contributed by atoms with Gasteiger partial charge in [0.2, 0.25) is 0 Å². The maximum Gasteiger partial charge on any atom is 0.193 e. The van der Waals surface area contributed by atoms with Crippen molar-refractivity contribution < 1.29 is 4.42 Å². The Morgan fingerprint density at radius 2 is 2.12 bits per heavy atom. The minimum Gasteiger partial charge on any atom is -0.448 e. The second kappa shape index (κ2) is 5.24. The van der Waals surface area contributed by atoms with Crippen LogP contribution in [-0.2, 0) is 6.54 Å². The van der Waals surface area contributed by atoms with Gasteiger partial charge in [0.1, 0.15) is 5.76 Å². The van der Waals surface area contributed by atoms with Gasteiger partial charge < -0.3 is 9.73 Å². The maximum absolute atomic E-state index is 5.73. The molecule has 1 aromatic heterocycles. The van der Waals surface area contributed by atoms with Crippen molar-refractivity contribution in [3.8, 4) is 0 Å². The minimum absolute atomic E-state index is 0.474. The molecule has 3 atom stereocenters. The highest BCUT2D eigenvalue weighted by molar-refractivity contribution is 6.28. The molecule has 1 fully saturated rings. The Labute approximate surface area is 102 Å². The number of rotatable bonds is 3. The summed E-state index contributed by atoms with van der Waals surface area (Å²) in [5.74, 6) is 2.62. The Balaban J connectivity index is 1.78. The molecule has 3 heteroatoms. The molecule has 0 aliphatic heterocycles. The van der Waals surface area contributed by atoms with Crippen molar-refractivity contribution >= 4 is 11.6 Å². The van der Waals surface area contributed by atoms with E-state index >= 15 is 0 Å². The fraction of sp³-hybridized carbons (Fsp3) is 0.692. The molecule has 0 saturated heterocycles. The molecule has 1 aliphatic rings. The van der Waals surface area contributed by atoms with E-state index in [2.05, 4.69) is 19.2 Å². The summed E-state index contributed by atoms with van der Waals surface area (Å²) in [6.45, 7) is 5.49. The van der Waals surface area contributed by atoms with Gasteiger partial charge in [-0.2, -0.15) is 0 Å². The number of hydrogen-bond acceptors (Lipinski definition) is 2. The average molecular weight is 242 g/mol. The zero-order valence-electron chi connectivity index (χ0n) is 10.0. The van der Waals surface area contributed by atoms with Crippen LogP contribution < -0.4 is 5.32 Å². The molecule has 1 heterocycles. The third kappa shape index (κ3) is 3.02. The second-order valence-electron chi connectivity index (χ2n) is 5.05. The number of furan rings is 1. The van der Waals surface area contributed by atoms with Gasteiger partial charge in [0.25, 0.3) is 0 Å². The summed E-state index contributed by atoms with van der Waals surface area (Å²) in [6.07, 6.45) is 3.88. The van der Waals surface area contributed by atoms with Crippen molar-refractivity contribution in [3.63, 3.8) is 0 Å². The lowest BCUT2D eigenvalue weighted by molar-refractivity contribution is 0.223. The third-order valence-electron chi connectivity index (χ3n) is 3.79. The van der Waals surface area contributed by atoms with Gasteiger partial charge in [0.05, 0.1) is 6.54 Å². The Kier molecular flexibility index (Phi) is 3.93. The summed E-state index contributed by atoms with van der Waals surface area (Å²) < 4.78 is 5.33. The molecule has 0 bridgehead atoms. The van der Waals surface area contributed by atoms with Crippen molar-refractivity contribution in [2.45, 2.75) is 45.7 Å². The minimum atomic E-state index is 0.474. The first kappa shape index (κ1) is 12.0. The summed E-state index contributed by atoms with van der Waals surface area (Å²) >= 11 is 5.73. The van der Waals surface area contributed by atoms with Gasteiger partial charge in [0, 0.05) is 6.04 Å².